The number of methoxy groups -OCH3 is 4. The minimum Gasteiger partial charge on any atom is -0.497 e. The first-order chi connectivity index (χ1) is 11.7. The lowest BCUT2D eigenvalue weighted by Gasteiger charge is -2.21. The summed E-state index contributed by atoms with van der Waals surface area (Å²) in [5, 5.41) is 0. The smallest absolute Gasteiger partial charge is 0.118 e. The van der Waals surface area contributed by atoms with Crippen molar-refractivity contribution in [3.63, 3.8) is 0 Å². The van der Waals surface area contributed by atoms with Crippen LogP contribution in [-0.2, 0) is 9.47 Å². The van der Waals surface area contributed by atoms with Gasteiger partial charge < -0.3 is 18.9 Å². The first kappa shape index (κ1) is 18.3. The van der Waals surface area contributed by atoms with Crippen molar-refractivity contribution < 1.29 is 18.9 Å². The quantitative estimate of drug-likeness (QED) is 0.675. The Morgan fingerprint density at radius 1 is 0.583 bits per heavy atom. The zero-order chi connectivity index (χ0) is 17.4. The van der Waals surface area contributed by atoms with Gasteiger partial charge in [-0.05, 0) is 48.2 Å². The first-order valence-electron chi connectivity index (χ1n) is 8.05. The molecule has 2 unspecified atom stereocenters. The topological polar surface area (TPSA) is 36.9 Å². The lowest BCUT2D eigenvalue weighted by Crippen LogP contribution is -2.07. The molecule has 2 rings (SSSR count). The highest BCUT2D eigenvalue weighted by atomic mass is 16.5. The molecule has 4 nitrogen and oxygen atoms in total. The summed E-state index contributed by atoms with van der Waals surface area (Å²) in [5.41, 5.74) is 2.28. The zero-order valence-electron chi connectivity index (χ0n) is 14.8. The summed E-state index contributed by atoms with van der Waals surface area (Å²) in [4.78, 5) is 0. The molecule has 0 aromatic heterocycles. The molecule has 4 heteroatoms. The Kier molecular flexibility index (Phi) is 7.09. The summed E-state index contributed by atoms with van der Waals surface area (Å²) < 4.78 is 21.7. The summed E-state index contributed by atoms with van der Waals surface area (Å²) in [7, 11) is 6.82. The third-order valence-electron chi connectivity index (χ3n) is 4.24. The Hall–Kier alpha value is -2.04. The Bertz CT molecular complexity index is 537. The van der Waals surface area contributed by atoms with Crippen LogP contribution in [-0.4, -0.2) is 28.4 Å². The van der Waals surface area contributed by atoms with Crippen molar-refractivity contribution in [2.75, 3.05) is 28.4 Å². The molecule has 0 N–H and O–H groups in total. The standard InChI is InChI=1S/C20H26O4/c1-21-17-9-5-15(6-10-17)19(23-3)13-14-20(24-4)16-7-11-18(22-2)12-8-16/h5-12,19-20H,13-14H2,1-4H3. The molecule has 0 heterocycles. The normalized spacial score (nSPS) is 13.3. The molecular formula is C20H26O4. The van der Waals surface area contributed by atoms with E-state index in [4.69, 9.17) is 18.9 Å². The van der Waals surface area contributed by atoms with Crippen LogP contribution in [0.5, 0.6) is 11.5 Å². The highest BCUT2D eigenvalue weighted by Crippen LogP contribution is 2.30. The van der Waals surface area contributed by atoms with Gasteiger partial charge in [-0.3, -0.25) is 0 Å². The number of benzene rings is 2. The third kappa shape index (κ3) is 4.73. The Morgan fingerprint density at radius 2 is 0.917 bits per heavy atom. The summed E-state index contributed by atoms with van der Waals surface area (Å²) in [6, 6.07) is 16.0. The molecule has 0 aliphatic carbocycles. The highest BCUT2D eigenvalue weighted by Gasteiger charge is 2.16. The van der Waals surface area contributed by atoms with E-state index in [-0.39, 0.29) is 12.2 Å². The molecule has 0 saturated carbocycles. The Labute approximate surface area is 144 Å². The van der Waals surface area contributed by atoms with E-state index in [1.165, 1.54) is 0 Å². The molecule has 0 amide bonds. The average Bonchev–Trinajstić information content (AvgIpc) is 2.66. The van der Waals surface area contributed by atoms with Gasteiger partial charge in [0, 0.05) is 14.2 Å². The van der Waals surface area contributed by atoms with Crippen LogP contribution >= 0.6 is 0 Å². The van der Waals surface area contributed by atoms with Crippen LogP contribution in [0.2, 0.25) is 0 Å². The molecule has 2 aromatic rings. The van der Waals surface area contributed by atoms with Crippen LogP contribution in [0.4, 0.5) is 0 Å². The maximum absolute atomic E-state index is 5.66. The molecule has 0 saturated heterocycles. The van der Waals surface area contributed by atoms with Crippen molar-refractivity contribution in [2.45, 2.75) is 25.0 Å². The van der Waals surface area contributed by atoms with Crippen molar-refractivity contribution in [2.24, 2.45) is 0 Å². The van der Waals surface area contributed by atoms with Gasteiger partial charge in [0.1, 0.15) is 11.5 Å². The highest BCUT2D eigenvalue weighted by molar-refractivity contribution is 5.30. The minimum absolute atomic E-state index is 0.0341. The van der Waals surface area contributed by atoms with Crippen molar-refractivity contribution in [1.29, 1.82) is 0 Å². The summed E-state index contributed by atoms with van der Waals surface area (Å²) in [6.07, 6.45) is 1.80. The van der Waals surface area contributed by atoms with E-state index in [0.29, 0.717) is 0 Å². The Morgan fingerprint density at radius 3 is 1.17 bits per heavy atom. The second-order valence-corrected chi connectivity index (χ2v) is 5.57. The molecule has 0 aliphatic heterocycles. The molecule has 130 valence electrons. The van der Waals surface area contributed by atoms with Crippen molar-refractivity contribution in [3.8, 4) is 11.5 Å². The molecule has 0 bridgehead atoms. The second kappa shape index (κ2) is 9.30. The van der Waals surface area contributed by atoms with Crippen LogP contribution in [0.15, 0.2) is 48.5 Å². The van der Waals surface area contributed by atoms with E-state index < -0.39 is 0 Å². The van der Waals surface area contributed by atoms with Crippen molar-refractivity contribution >= 4 is 0 Å². The molecule has 0 fully saturated rings. The lowest BCUT2D eigenvalue weighted by atomic mass is 9.99. The van der Waals surface area contributed by atoms with Crippen LogP contribution < -0.4 is 9.47 Å². The fourth-order valence-corrected chi connectivity index (χ4v) is 2.78. The van der Waals surface area contributed by atoms with Crippen molar-refractivity contribution in [1.82, 2.24) is 0 Å². The van der Waals surface area contributed by atoms with Crippen LogP contribution in [0.3, 0.4) is 0 Å². The van der Waals surface area contributed by atoms with E-state index in [2.05, 4.69) is 0 Å². The van der Waals surface area contributed by atoms with Gasteiger partial charge in [0.15, 0.2) is 0 Å². The van der Waals surface area contributed by atoms with Gasteiger partial charge >= 0.3 is 0 Å². The van der Waals surface area contributed by atoms with Gasteiger partial charge in [0.2, 0.25) is 0 Å². The molecule has 2 atom stereocenters. The number of ether oxygens (including phenoxy) is 4. The number of hydrogen-bond acceptors (Lipinski definition) is 4. The fourth-order valence-electron chi connectivity index (χ4n) is 2.78. The molecule has 24 heavy (non-hydrogen) atoms. The predicted molar refractivity (Wildman–Crippen MR) is 94.7 cm³/mol. The van der Waals surface area contributed by atoms with Gasteiger partial charge in [-0.15, -0.1) is 0 Å². The maximum Gasteiger partial charge on any atom is 0.118 e. The van der Waals surface area contributed by atoms with Gasteiger partial charge in [0.05, 0.1) is 26.4 Å². The summed E-state index contributed by atoms with van der Waals surface area (Å²) in [6.45, 7) is 0. The molecule has 0 spiro atoms. The van der Waals surface area contributed by atoms with E-state index in [1.807, 2.05) is 48.5 Å². The maximum atomic E-state index is 5.66. The molecule has 2 aromatic carbocycles. The van der Waals surface area contributed by atoms with E-state index in [0.717, 1.165) is 35.5 Å². The van der Waals surface area contributed by atoms with Gasteiger partial charge in [-0.1, -0.05) is 24.3 Å². The summed E-state index contributed by atoms with van der Waals surface area (Å²) in [5.74, 6) is 1.70. The van der Waals surface area contributed by atoms with E-state index in [1.54, 1.807) is 28.4 Å². The summed E-state index contributed by atoms with van der Waals surface area (Å²) >= 11 is 0. The van der Waals surface area contributed by atoms with Gasteiger partial charge in [-0.25, -0.2) is 0 Å². The predicted octanol–water partition coefficient (Wildman–Crippen LogP) is 4.56. The van der Waals surface area contributed by atoms with Gasteiger partial charge in [-0.2, -0.15) is 0 Å². The largest absolute Gasteiger partial charge is 0.497 e. The van der Waals surface area contributed by atoms with Crippen LogP contribution in [0, 0.1) is 0 Å². The monoisotopic (exact) mass is 330 g/mol. The van der Waals surface area contributed by atoms with Crippen LogP contribution in [0.25, 0.3) is 0 Å². The second-order valence-electron chi connectivity index (χ2n) is 5.57. The fraction of sp³-hybridized carbons (Fsp3) is 0.400. The SMILES string of the molecule is COc1ccc(C(CCC(OC)c2ccc(OC)cc2)OC)cc1. The minimum atomic E-state index is 0.0341. The average molecular weight is 330 g/mol. The molecular weight excluding hydrogens is 304 g/mol. The lowest BCUT2D eigenvalue weighted by molar-refractivity contribution is 0.0530. The Balaban J connectivity index is 2.00. The first-order valence-corrected chi connectivity index (χ1v) is 8.05. The molecule has 0 radical (unpaired) electrons. The van der Waals surface area contributed by atoms with Gasteiger partial charge in [0.25, 0.3) is 0 Å². The molecule has 0 aliphatic rings. The van der Waals surface area contributed by atoms with Crippen LogP contribution in [0.1, 0.15) is 36.2 Å². The number of rotatable bonds is 9. The zero-order valence-corrected chi connectivity index (χ0v) is 14.8. The van der Waals surface area contributed by atoms with E-state index in [9.17, 15) is 0 Å². The van der Waals surface area contributed by atoms with Crippen molar-refractivity contribution in [3.05, 3.63) is 59.7 Å². The number of hydrogen-bond donors (Lipinski definition) is 0. The third-order valence-corrected chi connectivity index (χ3v) is 4.24. The van der Waals surface area contributed by atoms with E-state index >= 15 is 0 Å².